The van der Waals surface area contributed by atoms with Crippen LogP contribution in [0, 0.1) is 0 Å². The Kier molecular flexibility index (Phi) is 7.59. The van der Waals surface area contributed by atoms with E-state index in [1.807, 2.05) is 14.1 Å². The number of fused-ring (bicyclic) bond motifs is 1. The fourth-order valence-electron chi connectivity index (χ4n) is 4.81. The first kappa shape index (κ1) is 23.9. The number of nitrogens with one attached hydrogen (secondary N) is 3. The van der Waals surface area contributed by atoms with Crippen LogP contribution in [0.1, 0.15) is 49.8 Å². The summed E-state index contributed by atoms with van der Waals surface area (Å²) in [7, 11) is 7.26. The number of nitrogens with zero attached hydrogens (tertiary/aromatic N) is 3. The standard InChI is InChI=1S/C25H36N6O3/c1-31(2)23-21-7-5-6-8-22(21)29-24(30-23)26-16-9-11-17(12-10-16)27-25(32)28-18-13-19(33-3)15-20(14-18)34-4/h13-17H,5-12H2,1-4H3,(H,26,29,30)(H2,27,28,32). The Morgan fingerprint density at radius 1 is 0.941 bits per heavy atom. The molecular weight excluding hydrogens is 432 g/mol. The molecule has 9 nitrogen and oxygen atoms in total. The van der Waals surface area contributed by atoms with E-state index in [0.29, 0.717) is 23.2 Å². The van der Waals surface area contributed by atoms with Crippen LogP contribution in [0.25, 0.3) is 0 Å². The number of urea groups is 1. The molecule has 1 aromatic heterocycles. The van der Waals surface area contributed by atoms with Crippen LogP contribution >= 0.6 is 0 Å². The molecule has 0 atom stereocenters. The Morgan fingerprint density at radius 3 is 2.24 bits per heavy atom. The van der Waals surface area contributed by atoms with Crippen LogP contribution in [0.3, 0.4) is 0 Å². The zero-order valence-electron chi connectivity index (χ0n) is 20.6. The molecule has 1 aromatic carbocycles. The van der Waals surface area contributed by atoms with Crippen molar-refractivity contribution >= 4 is 23.5 Å². The summed E-state index contributed by atoms with van der Waals surface area (Å²) in [6.07, 6.45) is 8.20. The number of aromatic nitrogens is 2. The average Bonchev–Trinajstić information content (AvgIpc) is 2.84. The lowest BCUT2D eigenvalue weighted by atomic mass is 9.91. The summed E-state index contributed by atoms with van der Waals surface area (Å²) in [5.41, 5.74) is 3.12. The number of hydrogen-bond donors (Lipinski definition) is 3. The van der Waals surface area contributed by atoms with Gasteiger partial charge in [0, 0.05) is 55.6 Å². The minimum Gasteiger partial charge on any atom is -0.497 e. The van der Waals surface area contributed by atoms with Crippen molar-refractivity contribution in [2.24, 2.45) is 0 Å². The van der Waals surface area contributed by atoms with Gasteiger partial charge in [0.25, 0.3) is 0 Å². The highest BCUT2D eigenvalue weighted by Crippen LogP contribution is 2.30. The third-order valence-corrected chi connectivity index (χ3v) is 6.59. The zero-order valence-corrected chi connectivity index (χ0v) is 20.6. The first-order valence-electron chi connectivity index (χ1n) is 12.1. The van der Waals surface area contributed by atoms with Crippen molar-refractivity contribution in [2.45, 2.75) is 63.5 Å². The molecule has 3 N–H and O–H groups in total. The number of ether oxygens (including phenoxy) is 2. The Morgan fingerprint density at radius 2 is 1.59 bits per heavy atom. The SMILES string of the molecule is COc1cc(NC(=O)NC2CCC(Nc3nc4c(c(N(C)C)n3)CCCC4)CC2)cc(OC)c1. The van der Waals surface area contributed by atoms with Crippen molar-refractivity contribution in [2.75, 3.05) is 43.8 Å². The summed E-state index contributed by atoms with van der Waals surface area (Å²) in [4.78, 5) is 24.3. The number of benzene rings is 1. The van der Waals surface area contributed by atoms with E-state index in [4.69, 9.17) is 19.4 Å². The average molecular weight is 469 g/mol. The molecule has 4 rings (SSSR count). The predicted octanol–water partition coefficient (Wildman–Crippen LogP) is 3.98. The van der Waals surface area contributed by atoms with E-state index in [0.717, 1.165) is 50.3 Å². The highest BCUT2D eigenvalue weighted by Gasteiger charge is 2.25. The van der Waals surface area contributed by atoms with Crippen LogP contribution in [0.4, 0.5) is 22.2 Å². The molecule has 1 fully saturated rings. The Hall–Kier alpha value is -3.23. The molecular formula is C25H36N6O3. The van der Waals surface area contributed by atoms with Crippen molar-refractivity contribution in [1.29, 1.82) is 0 Å². The summed E-state index contributed by atoms with van der Waals surface area (Å²) in [6.45, 7) is 0. The maximum Gasteiger partial charge on any atom is 0.319 e. The lowest BCUT2D eigenvalue weighted by Crippen LogP contribution is -2.42. The van der Waals surface area contributed by atoms with E-state index >= 15 is 0 Å². The number of methoxy groups -OCH3 is 2. The van der Waals surface area contributed by atoms with Gasteiger partial charge in [-0.2, -0.15) is 4.98 Å². The molecule has 0 bridgehead atoms. The summed E-state index contributed by atoms with van der Waals surface area (Å²) in [5.74, 6) is 3.02. The van der Waals surface area contributed by atoms with Crippen molar-refractivity contribution in [3.05, 3.63) is 29.5 Å². The highest BCUT2D eigenvalue weighted by molar-refractivity contribution is 5.90. The summed E-state index contributed by atoms with van der Waals surface area (Å²) in [5, 5.41) is 9.54. The lowest BCUT2D eigenvalue weighted by Gasteiger charge is -2.30. The van der Waals surface area contributed by atoms with E-state index in [2.05, 4.69) is 20.9 Å². The van der Waals surface area contributed by atoms with Crippen LogP contribution < -0.4 is 30.3 Å². The molecule has 2 amide bonds. The minimum absolute atomic E-state index is 0.132. The molecule has 2 aliphatic rings. The third-order valence-electron chi connectivity index (χ3n) is 6.59. The van der Waals surface area contributed by atoms with Crippen LogP contribution in [-0.2, 0) is 12.8 Å². The largest absolute Gasteiger partial charge is 0.497 e. The summed E-state index contributed by atoms with van der Waals surface area (Å²) in [6, 6.07) is 5.52. The van der Waals surface area contributed by atoms with Gasteiger partial charge in [-0.25, -0.2) is 9.78 Å². The van der Waals surface area contributed by atoms with Gasteiger partial charge in [-0.3, -0.25) is 0 Å². The Balaban J connectivity index is 1.30. The Bertz CT molecular complexity index is 982. The molecule has 184 valence electrons. The third kappa shape index (κ3) is 5.81. The van der Waals surface area contributed by atoms with Gasteiger partial charge in [-0.05, 0) is 51.4 Å². The fourth-order valence-corrected chi connectivity index (χ4v) is 4.81. The van der Waals surface area contributed by atoms with Gasteiger partial charge >= 0.3 is 6.03 Å². The van der Waals surface area contributed by atoms with Crippen LogP contribution in [-0.4, -0.2) is 56.4 Å². The van der Waals surface area contributed by atoms with Gasteiger partial charge in [0.1, 0.15) is 17.3 Å². The zero-order chi connectivity index (χ0) is 24.1. The maximum absolute atomic E-state index is 12.5. The van der Waals surface area contributed by atoms with Crippen LogP contribution in [0.2, 0.25) is 0 Å². The second kappa shape index (κ2) is 10.8. The molecule has 2 aromatic rings. The molecule has 1 saturated carbocycles. The quantitative estimate of drug-likeness (QED) is 0.565. The molecule has 1 heterocycles. The second-order valence-electron chi connectivity index (χ2n) is 9.29. The molecule has 34 heavy (non-hydrogen) atoms. The van der Waals surface area contributed by atoms with Gasteiger partial charge < -0.3 is 30.3 Å². The van der Waals surface area contributed by atoms with E-state index in [1.165, 1.54) is 24.1 Å². The first-order chi connectivity index (χ1) is 16.4. The summed E-state index contributed by atoms with van der Waals surface area (Å²) < 4.78 is 10.5. The molecule has 0 radical (unpaired) electrons. The second-order valence-corrected chi connectivity index (χ2v) is 9.29. The molecule has 0 spiro atoms. The van der Waals surface area contributed by atoms with E-state index in [1.54, 1.807) is 32.4 Å². The predicted molar refractivity (Wildman–Crippen MR) is 134 cm³/mol. The number of carbonyl (C=O) groups is 1. The first-order valence-corrected chi connectivity index (χ1v) is 12.1. The number of amides is 2. The van der Waals surface area contributed by atoms with Gasteiger partial charge in [0.2, 0.25) is 5.95 Å². The summed E-state index contributed by atoms with van der Waals surface area (Å²) >= 11 is 0. The van der Waals surface area contributed by atoms with Crippen LogP contribution in [0.15, 0.2) is 18.2 Å². The number of carbonyl (C=O) groups excluding carboxylic acids is 1. The van der Waals surface area contributed by atoms with Gasteiger partial charge in [-0.15, -0.1) is 0 Å². The van der Waals surface area contributed by atoms with Crippen molar-refractivity contribution < 1.29 is 14.3 Å². The fraction of sp³-hybridized carbons (Fsp3) is 0.560. The van der Waals surface area contributed by atoms with Gasteiger partial charge in [0.05, 0.1) is 19.9 Å². The smallest absolute Gasteiger partial charge is 0.319 e. The maximum atomic E-state index is 12.5. The molecule has 2 aliphatic carbocycles. The van der Waals surface area contributed by atoms with Crippen molar-refractivity contribution in [3.8, 4) is 11.5 Å². The van der Waals surface area contributed by atoms with E-state index < -0.39 is 0 Å². The number of aryl methyl sites for hydroxylation is 1. The van der Waals surface area contributed by atoms with E-state index in [9.17, 15) is 4.79 Å². The number of anilines is 3. The monoisotopic (exact) mass is 468 g/mol. The molecule has 0 unspecified atom stereocenters. The number of hydrogen-bond acceptors (Lipinski definition) is 7. The lowest BCUT2D eigenvalue weighted by molar-refractivity contribution is 0.243. The normalized spacial score (nSPS) is 19.5. The van der Waals surface area contributed by atoms with Gasteiger partial charge in [-0.1, -0.05) is 0 Å². The molecule has 0 saturated heterocycles. The van der Waals surface area contributed by atoms with E-state index in [-0.39, 0.29) is 12.1 Å². The number of rotatable bonds is 7. The van der Waals surface area contributed by atoms with Crippen molar-refractivity contribution in [1.82, 2.24) is 15.3 Å². The van der Waals surface area contributed by atoms with Crippen molar-refractivity contribution in [3.63, 3.8) is 0 Å². The minimum atomic E-state index is -0.222. The highest BCUT2D eigenvalue weighted by atomic mass is 16.5. The topological polar surface area (TPSA) is 101 Å². The Labute approximate surface area is 201 Å². The molecule has 0 aliphatic heterocycles. The van der Waals surface area contributed by atoms with Crippen LogP contribution in [0.5, 0.6) is 11.5 Å². The van der Waals surface area contributed by atoms with Gasteiger partial charge in [0.15, 0.2) is 0 Å². The molecule has 9 heteroatoms.